The second-order valence-electron chi connectivity index (χ2n) is 15.0. The van der Waals surface area contributed by atoms with Crippen LogP contribution in [-0.4, -0.2) is 29.5 Å². The molecule has 12 bridgehead atoms. The minimum atomic E-state index is -0.920. The highest BCUT2D eigenvalue weighted by Gasteiger charge is 2.27. The Bertz CT molecular complexity index is 3030. The molecule has 24 heteroatoms. The summed E-state index contributed by atoms with van der Waals surface area (Å²) in [5.74, 6) is 0. The SMILES string of the molecule is CCCc1c2cccc1oc1cc(oc3cccc(oc4cc(oc5cccc(oc6cc(o2)c([N+](=O)[O-])cc6[N+](=O)[O-])c5CCC)c([N+](=O)[O-])cc4[N+](=O)[O-])c3CCC)c([N+](=O)[O-])cc1[N+](=O)[O-]. The molecule has 6 aromatic carbocycles. The summed E-state index contributed by atoms with van der Waals surface area (Å²) < 4.78 is 36.9. The zero-order valence-electron chi connectivity index (χ0n) is 36.4. The van der Waals surface area contributed by atoms with Crippen LogP contribution >= 0.6 is 0 Å². The van der Waals surface area contributed by atoms with E-state index in [2.05, 4.69) is 0 Å². The van der Waals surface area contributed by atoms with Gasteiger partial charge in [-0.3, -0.25) is 60.7 Å². The third-order valence-electron chi connectivity index (χ3n) is 10.4. The minimum absolute atomic E-state index is 0.0834. The number of hydrogen-bond donors (Lipinski definition) is 0. The number of hydrogen-bond acceptors (Lipinski definition) is 18. The molecule has 1 heterocycles. The Morgan fingerprint density at radius 2 is 0.478 bits per heavy atom. The lowest BCUT2D eigenvalue weighted by Gasteiger charge is -2.06. The van der Waals surface area contributed by atoms with Gasteiger partial charge in [-0.2, -0.15) is 0 Å². The highest BCUT2D eigenvalue weighted by molar-refractivity contribution is 5.83. The Balaban J connectivity index is 1.83. The van der Waals surface area contributed by atoms with Gasteiger partial charge in [0.15, 0.2) is 0 Å². The lowest BCUT2D eigenvalue weighted by atomic mass is 10.1. The first-order valence-corrected chi connectivity index (χ1v) is 20.9. The summed E-state index contributed by atoms with van der Waals surface area (Å²) in [6.07, 6.45) is 1.53. The molecule has 0 aliphatic heterocycles. The van der Waals surface area contributed by atoms with Crippen molar-refractivity contribution in [2.24, 2.45) is 0 Å². The first kappa shape index (κ1) is 47.5. The summed E-state index contributed by atoms with van der Waals surface area (Å²) in [6, 6.07) is 17.2. The van der Waals surface area contributed by atoms with Crippen molar-refractivity contribution in [1.29, 1.82) is 0 Å². The summed E-state index contributed by atoms with van der Waals surface area (Å²) in [4.78, 5) is 69.4. The smallest absolute Gasteiger partial charge is 0.318 e. The van der Waals surface area contributed by atoms with Crippen molar-refractivity contribution in [3.63, 3.8) is 0 Å². The maximum Gasteiger partial charge on any atom is 0.318 e. The van der Waals surface area contributed by atoms with E-state index in [0.717, 1.165) is 18.2 Å². The van der Waals surface area contributed by atoms with E-state index in [4.69, 9.17) is 26.5 Å². The molecule has 0 unspecified atom stereocenters. The molecule has 0 N–H and O–H groups in total. The molecule has 0 saturated carbocycles. The van der Waals surface area contributed by atoms with Gasteiger partial charge in [0.25, 0.3) is 0 Å². The number of rotatable bonds is 12. The second kappa shape index (κ2) is 19.9. The number of nitrogens with zero attached hydrogens (tertiary/aromatic N) is 6. The molecule has 0 aliphatic carbocycles. The van der Waals surface area contributed by atoms with E-state index in [1.54, 1.807) is 20.8 Å². The fraction of sp³-hybridized carbons (Fsp3) is 0.200. The predicted octanol–water partition coefficient (Wildman–Crippen LogP) is 13.5. The summed E-state index contributed by atoms with van der Waals surface area (Å²) in [5.41, 5.74) is -8.37. The predicted molar refractivity (Wildman–Crippen MR) is 246 cm³/mol. The maximum atomic E-state index is 12.5. The fourth-order valence-corrected chi connectivity index (χ4v) is 7.37. The Labute approximate surface area is 384 Å². The number of benzene rings is 6. The van der Waals surface area contributed by atoms with Crippen LogP contribution in [0.3, 0.4) is 0 Å². The van der Waals surface area contributed by atoms with Crippen molar-refractivity contribution in [2.45, 2.75) is 59.3 Å². The average molecular weight is 949 g/mol. The van der Waals surface area contributed by atoms with Crippen LogP contribution in [0.25, 0.3) is 67.0 Å². The number of aryl methyl sites for hydroxylation is 3. The third kappa shape index (κ3) is 9.89. The van der Waals surface area contributed by atoms with Crippen LogP contribution in [0.5, 0.6) is 0 Å². The first-order valence-electron chi connectivity index (χ1n) is 20.9. The highest BCUT2D eigenvalue weighted by atomic mass is 16.7. The molecule has 24 nitrogen and oxygen atoms in total. The molecule has 354 valence electrons. The molecular weight excluding hydrogens is 913 g/mol. The number of fused-ring (bicyclic) bond motifs is 12. The van der Waals surface area contributed by atoms with Crippen LogP contribution < -0.4 is 0 Å². The quantitative estimate of drug-likeness (QED) is 0.0811. The van der Waals surface area contributed by atoms with Gasteiger partial charge in [-0.15, -0.1) is 0 Å². The van der Waals surface area contributed by atoms with Crippen molar-refractivity contribution in [2.75, 3.05) is 0 Å². The molecule has 0 radical (unpaired) electrons. The van der Waals surface area contributed by atoms with E-state index in [1.807, 2.05) is 0 Å². The highest BCUT2D eigenvalue weighted by Crippen LogP contribution is 2.37. The van der Waals surface area contributed by atoms with Gasteiger partial charge in [-0.05, 0) is 55.7 Å². The Hall–Kier alpha value is -9.48. The molecule has 0 saturated heterocycles. The summed E-state index contributed by atoms with van der Waals surface area (Å²) >= 11 is 0. The van der Waals surface area contributed by atoms with Gasteiger partial charge < -0.3 is 26.5 Å². The molecule has 0 fully saturated rings. The normalized spacial score (nSPS) is 11.0. The summed E-state index contributed by atoms with van der Waals surface area (Å²) in [6.45, 7) is 5.31. The zero-order valence-corrected chi connectivity index (χ0v) is 36.4. The van der Waals surface area contributed by atoms with Crippen molar-refractivity contribution in [1.82, 2.24) is 0 Å². The van der Waals surface area contributed by atoms with E-state index in [0.29, 0.717) is 37.5 Å². The van der Waals surface area contributed by atoms with Crippen molar-refractivity contribution in [3.05, 3.63) is 168 Å². The average Bonchev–Trinajstić information content (AvgIpc) is 3.29. The van der Waals surface area contributed by atoms with Crippen LogP contribution in [0.2, 0.25) is 0 Å². The molecule has 7 rings (SSSR count). The van der Waals surface area contributed by atoms with E-state index in [9.17, 15) is 60.7 Å². The van der Waals surface area contributed by atoms with Crippen molar-refractivity contribution < 1.29 is 56.0 Å². The lowest BCUT2D eigenvalue weighted by molar-refractivity contribution is -0.393. The van der Waals surface area contributed by atoms with Gasteiger partial charge >= 0.3 is 34.1 Å². The summed E-state index contributed by atoms with van der Waals surface area (Å²) in [7, 11) is 0. The van der Waals surface area contributed by atoms with Crippen LogP contribution in [0.4, 0.5) is 34.1 Å². The Morgan fingerprint density at radius 3 is 0.623 bits per heavy atom. The molecule has 0 amide bonds. The number of non-ortho nitro benzene ring substituents is 6. The van der Waals surface area contributed by atoms with Crippen LogP contribution in [-0.2, 0) is 19.3 Å². The van der Waals surface area contributed by atoms with E-state index < -0.39 is 97.2 Å². The number of nitro benzene ring substituents is 6. The Kier molecular flexibility index (Phi) is 13.7. The largest absolute Gasteiger partial charge is 0.450 e. The molecule has 0 spiro atoms. The third-order valence-corrected chi connectivity index (χ3v) is 10.4. The van der Waals surface area contributed by atoms with Gasteiger partial charge in [0.2, 0.25) is 33.5 Å². The Morgan fingerprint density at radius 1 is 0.304 bits per heavy atom. The van der Waals surface area contributed by atoms with Gasteiger partial charge in [-0.25, -0.2) is 0 Å². The number of nitro groups is 6. The fourth-order valence-electron chi connectivity index (χ4n) is 7.37. The maximum absolute atomic E-state index is 12.5. The second-order valence-corrected chi connectivity index (χ2v) is 15.0. The molecule has 7 aromatic rings. The molecule has 0 aliphatic rings. The van der Waals surface area contributed by atoms with Crippen LogP contribution in [0.15, 0.2) is 117 Å². The van der Waals surface area contributed by atoms with Gasteiger partial charge in [0, 0.05) is 34.9 Å². The zero-order chi connectivity index (χ0) is 49.7. The van der Waals surface area contributed by atoms with Gasteiger partial charge in [-0.1, -0.05) is 58.2 Å². The first-order chi connectivity index (χ1) is 33.0. The lowest BCUT2D eigenvalue weighted by Crippen LogP contribution is -1.95. The van der Waals surface area contributed by atoms with Crippen LogP contribution in [0, 0.1) is 60.7 Å². The van der Waals surface area contributed by atoms with E-state index in [-0.39, 0.29) is 69.5 Å². The minimum Gasteiger partial charge on any atom is -0.450 e. The van der Waals surface area contributed by atoms with Crippen molar-refractivity contribution >= 4 is 101 Å². The van der Waals surface area contributed by atoms with Crippen molar-refractivity contribution in [3.8, 4) is 0 Å². The molecular formula is C45H36N6O18. The standard InChI is InChI=1S/C45H36N6O18/c1-4-10-25-34-13-7-14-35(25)65-41-23-43(31(49(58)59)20-29(41)47(54)55)67-37-16-9-18-39(27(37)12-6-3)69-45-24-44(32(50(60)61)21-33(45)51(62)63)68-38-17-8-15-36(26(38)11-5-2)66-42-22-40(64-34)28(46(52)53)19-30(42)48(56)57/h7-9,13-24H,4-6,10-12H2,1-3H3. The van der Waals surface area contributed by atoms with Gasteiger partial charge in [0.1, 0.15) is 51.7 Å². The van der Waals surface area contributed by atoms with E-state index in [1.165, 1.54) is 54.6 Å². The topological polar surface area (TPSA) is 338 Å². The monoisotopic (exact) mass is 948 g/mol. The van der Waals surface area contributed by atoms with Crippen LogP contribution in [0.1, 0.15) is 56.7 Å². The van der Waals surface area contributed by atoms with E-state index >= 15 is 0 Å². The molecule has 69 heavy (non-hydrogen) atoms. The molecule has 0 atom stereocenters. The molecule has 1 aromatic heterocycles. The summed E-state index contributed by atoms with van der Waals surface area (Å²) in [5, 5.41) is 75.0. The van der Waals surface area contributed by atoms with Gasteiger partial charge in [0.05, 0.1) is 29.5 Å².